The van der Waals surface area contributed by atoms with Crippen molar-refractivity contribution in [3.63, 3.8) is 0 Å². The van der Waals surface area contributed by atoms with Crippen LogP contribution in [0.2, 0.25) is 0 Å². The lowest BCUT2D eigenvalue weighted by Crippen LogP contribution is -2.18. The molecule has 0 N–H and O–H groups in total. The smallest absolute Gasteiger partial charge is 0.487 e. The van der Waals surface area contributed by atoms with Gasteiger partial charge in [-0.05, 0) is 67.8 Å². The van der Waals surface area contributed by atoms with Crippen molar-refractivity contribution in [1.29, 1.82) is 0 Å². The molecule has 0 aliphatic rings. The summed E-state index contributed by atoms with van der Waals surface area (Å²) >= 11 is 0. The van der Waals surface area contributed by atoms with E-state index in [0.29, 0.717) is 23.6 Å². The van der Waals surface area contributed by atoms with E-state index in [-0.39, 0.29) is 18.3 Å². The lowest BCUT2D eigenvalue weighted by molar-refractivity contribution is -0.274. The number of carbonyl (C=O) groups excluding carboxylic acids is 1. The maximum absolute atomic E-state index is 12.4. The van der Waals surface area contributed by atoms with Gasteiger partial charge in [0, 0.05) is 24.9 Å². The van der Waals surface area contributed by atoms with Crippen LogP contribution >= 0.6 is 0 Å². The molecule has 10 heteroatoms. The number of hydrogen-bond acceptors (Lipinski definition) is 5. The minimum Gasteiger partial charge on any atom is -0.487 e. The van der Waals surface area contributed by atoms with Crippen LogP contribution in [0.4, 0.5) is 13.2 Å². The number of aromatic nitrogens is 3. The van der Waals surface area contributed by atoms with Crippen molar-refractivity contribution >= 4 is 16.9 Å². The second-order valence-corrected chi connectivity index (χ2v) is 7.88. The fourth-order valence-electron chi connectivity index (χ4n) is 3.70. The van der Waals surface area contributed by atoms with Crippen molar-refractivity contribution in [1.82, 2.24) is 14.3 Å². The summed E-state index contributed by atoms with van der Waals surface area (Å²) in [5.41, 5.74) is 2.85. The van der Waals surface area contributed by atoms with Gasteiger partial charge >= 0.3 is 12.3 Å². The topological polar surface area (TPSA) is 67.5 Å². The Kier molecular flexibility index (Phi) is 6.72. The molecule has 2 aromatic heterocycles. The predicted octanol–water partition coefficient (Wildman–Crippen LogP) is 5.64. The molecule has 0 bridgehead atoms. The molecule has 1 atom stereocenters. The first-order valence-corrected chi connectivity index (χ1v) is 10.9. The number of hydrogen-bond donors (Lipinski definition) is 0. The fraction of sp³-hybridized carbons (Fsp3) is 0.280. The molecular formula is C25H24F3N3O4. The minimum absolute atomic E-state index is 0.221. The zero-order valence-electron chi connectivity index (χ0n) is 19.4. The molecule has 0 saturated heterocycles. The Morgan fingerprint density at radius 2 is 1.77 bits per heavy atom. The van der Waals surface area contributed by atoms with E-state index in [4.69, 9.17) is 9.47 Å². The van der Waals surface area contributed by atoms with Crippen LogP contribution in [0, 0.1) is 0 Å². The highest BCUT2D eigenvalue weighted by Gasteiger charge is 2.31. The van der Waals surface area contributed by atoms with Gasteiger partial charge in [0.05, 0.1) is 23.5 Å². The molecule has 0 aliphatic carbocycles. The summed E-state index contributed by atoms with van der Waals surface area (Å²) in [7, 11) is 1.76. The maximum Gasteiger partial charge on any atom is 0.573 e. The number of aryl methyl sites for hydroxylation is 1. The largest absolute Gasteiger partial charge is 0.573 e. The highest BCUT2D eigenvalue weighted by atomic mass is 19.4. The van der Waals surface area contributed by atoms with E-state index < -0.39 is 12.4 Å². The van der Waals surface area contributed by atoms with Crippen molar-refractivity contribution in [2.24, 2.45) is 7.05 Å². The summed E-state index contributed by atoms with van der Waals surface area (Å²) in [4.78, 5) is 12.2. The van der Waals surface area contributed by atoms with Crippen molar-refractivity contribution in [3.8, 4) is 22.8 Å². The number of esters is 1. The van der Waals surface area contributed by atoms with Gasteiger partial charge in [-0.1, -0.05) is 0 Å². The van der Waals surface area contributed by atoms with Crippen LogP contribution < -0.4 is 9.47 Å². The Morgan fingerprint density at radius 1 is 1.06 bits per heavy atom. The molecule has 4 aromatic rings. The van der Waals surface area contributed by atoms with E-state index in [1.54, 1.807) is 25.6 Å². The first-order chi connectivity index (χ1) is 16.6. The molecule has 0 fully saturated rings. The Labute approximate surface area is 199 Å². The standard InChI is InChI=1S/C25H24F3N3O4/c1-4-33-24(32)16(2)31-12-11-18-7-10-21(14-23(18)31)34-15-19-13-22(29-30(19)3)17-5-8-20(9-6-17)35-25(26,27)28/h5-14,16H,4,15H2,1-3H3. The van der Waals surface area contributed by atoms with Gasteiger partial charge in [0.25, 0.3) is 0 Å². The van der Waals surface area contributed by atoms with Crippen LogP contribution in [0.5, 0.6) is 11.5 Å². The highest BCUT2D eigenvalue weighted by Crippen LogP contribution is 2.28. The Bertz CT molecular complexity index is 1330. The third-order valence-electron chi connectivity index (χ3n) is 5.49. The van der Waals surface area contributed by atoms with Crippen LogP contribution in [0.25, 0.3) is 22.2 Å². The molecule has 4 rings (SSSR count). The molecule has 0 radical (unpaired) electrons. The van der Waals surface area contributed by atoms with Crippen LogP contribution in [0.15, 0.2) is 60.8 Å². The van der Waals surface area contributed by atoms with E-state index >= 15 is 0 Å². The highest BCUT2D eigenvalue weighted by molar-refractivity contribution is 5.84. The van der Waals surface area contributed by atoms with Gasteiger partial charge < -0.3 is 18.8 Å². The van der Waals surface area contributed by atoms with E-state index in [9.17, 15) is 18.0 Å². The lowest BCUT2D eigenvalue weighted by Gasteiger charge is -2.14. The van der Waals surface area contributed by atoms with E-state index in [1.807, 2.05) is 41.1 Å². The van der Waals surface area contributed by atoms with Crippen molar-refractivity contribution in [3.05, 3.63) is 66.5 Å². The monoisotopic (exact) mass is 487 g/mol. The van der Waals surface area contributed by atoms with Crippen molar-refractivity contribution in [2.75, 3.05) is 6.61 Å². The lowest BCUT2D eigenvalue weighted by atomic mass is 10.1. The number of ether oxygens (including phenoxy) is 3. The number of carbonyl (C=O) groups is 1. The number of fused-ring (bicyclic) bond motifs is 1. The predicted molar refractivity (Wildman–Crippen MR) is 123 cm³/mol. The third-order valence-corrected chi connectivity index (χ3v) is 5.49. The van der Waals surface area contributed by atoms with Gasteiger partial charge in [0.1, 0.15) is 24.1 Å². The maximum atomic E-state index is 12.4. The summed E-state index contributed by atoms with van der Waals surface area (Å²) in [6.07, 6.45) is -2.90. The zero-order valence-corrected chi connectivity index (χ0v) is 19.4. The second-order valence-electron chi connectivity index (χ2n) is 7.88. The molecule has 0 aliphatic heterocycles. The molecule has 7 nitrogen and oxygen atoms in total. The van der Waals surface area contributed by atoms with Crippen molar-refractivity contribution < 1.29 is 32.2 Å². The molecule has 0 spiro atoms. The number of halogens is 3. The molecule has 0 saturated carbocycles. The van der Waals surface area contributed by atoms with Gasteiger partial charge in [0.15, 0.2) is 0 Å². The number of nitrogens with zero attached hydrogens (tertiary/aromatic N) is 3. The minimum atomic E-state index is -4.74. The Balaban J connectivity index is 1.48. The van der Waals surface area contributed by atoms with Gasteiger partial charge in [0.2, 0.25) is 0 Å². The van der Waals surface area contributed by atoms with Crippen LogP contribution in [0.3, 0.4) is 0 Å². The molecular weight excluding hydrogens is 463 g/mol. The summed E-state index contributed by atoms with van der Waals surface area (Å²) in [5, 5.41) is 5.40. The van der Waals surface area contributed by atoms with Gasteiger partial charge in [-0.3, -0.25) is 4.68 Å². The van der Waals surface area contributed by atoms with Crippen LogP contribution in [-0.2, 0) is 23.2 Å². The molecule has 1 unspecified atom stereocenters. The summed E-state index contributed by atoms with van der Waals surface area (Å²) < 4.78 is 55.6. The zero-order chi connectivity index (χ0) is 25.2. The molecule has 0 amide bonds. The molecule has 184 valence electrons. The summed E-state index contributed by atoms with van der Waals surface area (Å²) in [5.74, 6) is 0.0137. The van der Waals surface area contributed by atoms with E-state index in [2.05, 4.69) is 9.84 Å². The van der Waals surface area contributed by atoms with Gasteiger partial charge in [-0.2, -0.15) is 5.10 Å². The van der Waals surface area contributed by atoms with Crippen LogP contribution in [0.1, 0.15) is 25.6 Å². The van der Waals surface area contributed by atoms with E-state index in [0.717, 1.165) is 16.6 Å². The van der Waals surface area contributed by atoms with E-state index in [1.165, 1.54) is 24.3 Å². The Hall–Kier alpha value is -3.95. The van der Waals surface area contributed by atoms with Gasteiger partial charge in [-0.15, -0.1) is 13.2 Å². The molecule has 2 heterocycles. The summed E-state index contributed by atoms with van der Waals surface area (Å²) in [6, 6.07) is 14.4. The Morgan fingerprint density at radius 3 is 2.46 bits per heavy atom. The molecule has 35 heavy (non-hydrogen) atoms. The van der Waals surface area contributed by atoms with Crippen molar-refractivity contribution in [2.45, 2.75) is 32.9 Å². The number of benzene rings is 2. The third kappa shape index (κ3) is 5.59. The summed E-state index contributed by atoms with van der Waals surface area (Å²) in [6.45, 7) is 4.09. The van der Waals surface area contributed by atoms with Crippen LogP contribution in [-0.4, -0.2) is 33.3 Å². The normalized spacial score (nSPS) is 12.5. The SMILES string of the molecule is CCOC(=O)C(C)n1ccc2ccc(OCc3cc(-c4ccc(OC(F)(F)F)cc4)nn3C)cc21. The second kappa shape index (κ2) is 9.73. The average molecular weight is 487 g/mol. The average Bonchev–Trinajstić information content (AvgIpc) is 3.39. The van der Waals surface area contributed by atoms with Gasteiger partial charge in [-0.25, -0.2) is 4.79 Å². The number of rotatable bonds is 8. The first-order valence-electron chi connectivity index (χ1n) is 10.9. The quantitative estimate of drug-likeness (QED) is 0.301. The number of alkyl halides is 3. The molecule has 2 aromatic carbocycles. The fourth-order valence-corrected chi connectivity index (χ4v) is 3.70. The first kappa shape index (κ1) is 24.2.